The molecule has 1 aromatic carbocycles. The van der Waals surface area contributed by atoms with Crippen molar-refractivity contribution < 1.29 is 4.74 Å². The van der Waals surface area contributed by atoms with Gasteiger partial charge in [0.05, 0.1) is 7.11 Å². The highest BCUT2D eigenvalue weighted by Gasteiger charge is 2.06. The second-order valence-corrected chi connectivity index (χ2v) is 3.56. The van der Waals surface area contributed by atoms with Gasteiger partial charge in [-0.1, -0.05) is 31.5 Å². The monoisotopic (exact) mass is 193 g/mol. The van der Waals surface area contributed by atoms with Gasteiger partial charge in [-0.05, 0) is 24.5 Å². The number of nitrogens with two attached hydrogens (primary N) is 1. The molecule has 0 aliphatic carbocycles. The average molecular weight is 193 g/mol. The molecular formula is C12H19NO. The number of methoxy groups -OCH3 is 1. The van der Waals surface area contributed by atoms with E-state index in [1.807, 2.05) is 18.2 Å². The highest BCUT2D eigenvalue weighted by atomic mass is 16.5. The van der Waals surface area contributed by atoms with Crippen LogP contribution in [0.1, 0.15) is 25.3 Å². The molecule has 0 bridgehead atoms. The summed E-state index contributed by atoms with van der Waals surface area (Å²) in [5.41, 5.74) is 7.19. The summed E-state index contributed by atoms with van der Waals surface area (Å²) in [6.45, 7) is 2.15. The van der Waals surface area contributed by atoms with Crippen LogP contribution in [0.25, 0.3) is 0 Å². The van der Waals surface area contributed by atoms with Crippen molar-refractivity contribution in [2.24, 2.45) is 5.73 Å². The first-order valence-electron chi connectivity index (χ1n) is 5.15. The molecule has 1 rings (SSSR count). The normalized spacial score (nSPS) is 12.5. The van der Waals surface area contributed by atoms with E-state index in [9.17, 15) is 0 Å². The lowest BCUT2D eigenvalue weighted by Crippen LogP contribution is -2.22. The lowest BCUT2D eigenvalue weighted by Gasteiger charge is -2.12. The molecule has 0 heterocycles. The van der Waals surface area contributed by atoms with Gasteiger partial charge in [0.25, 0.3) is 0 Å². The minimum atomic E-state index is 0.247. The Bertz CT molecular complexity index is 273. The van der Waals surface area contributed by atoms with E-state index in [4.69, 9.17) is 10.5 Å². The lowest BCUT2D eigenvalue weighted by atomic mass is 10.0. The molecule has 2 N–H and O–H groups in total. The topological polar surface area (TPSA) is 35.2 Å². The number of hydrogen-bond donors (Lipinski definition) is 1. The molecule has 1 atom stereocenters. The smallest absolute Gasteiger partial charge is 0.122 e. The van der Waals surface area contributed by atoms with Crippen molar-refractivity contribution in [2.45, 2.75) is 32.2 Å². The van der Waals surface area contributed by atoms with Crippen molar-refractivity contribution in [3.8, 4) is 5.75 Å². The first-order valence-corrected chi connectivity index (χ1v) is 5.15. The molecule has 0 spiro atoms. The van der Waals surface area contributed by atoms with E-state index in [0.717, 1.165) is 25.0 Å². The first-order chi connectivity index (χ1) is 6.77. The Morgan fingerprint density at radius 2 is 2.07 bits per heavy atom. The third kappa shape index (κ3) is 3.04. The Labute approximate surface area is 86.1 Å². The fraction of sp³-hybridized carbons (Fsp3) is 0.500. The van der Waals surface area contributed by atoms with Crippen molar-refractivity contribution in [1.82, 2.24) is 0 Å². The minimum absolute atomic E-state index is 0.247. The molecule has 2 nitrogen and oxygen atoms in total. The van der Waals surface area contributed by atoms with Gasteiger partial charge in [0.15, 0.2) is 0 Å². The number of ether oxygens (including phenoxy) is 1. The Hall–Kier alpha value is -1.02. The highest BCUT2D eigenvalue weighted by Crippen LogP contribution is 2.19. The molecule has 0 saturated carbocycles. The predicted molar refractivity (Wildman–Crippen MR) is 59.6 cm³/mol. The SMILES string of the molecule is CCCC(N)Cc1ccccc1OC. The number of rotatable bonds is 5. The Morgan fingerprint density at radius 1 is 1.36 bits per heavy atom. The summed E-state index contributed by atoms with van der Waals surface area (Å²) in [6.07, 6.45) is 3.10. The number of benzene rings is 1. The van der Waals surface area contributed by atoms with E-state index in [1.54, 1.807) is 7.11 Å². The second kappa shape index (κ2) is 5.66. The van der Waals surface area contributed by atoms with Gasteiger partial charge in [-0.15, -0.1) is 0 Å². The molecular weight excluding hydrogens is 174 g/mol. The minimum Gasteiger partial charge on any atom is -0.496 e. The summed E-state index contributed by atoms with van der Waals surface area (Å²) in [4.78, 5) is 0. The average Bonchev–Trinajstić information content (AvgIpc) is 2.19. The highest BCUT2D eigenvalue weighted by molar-refractivity contribution is 5.33. The Balaban J connectivity index is 2.65. The molecule has 0 saturated heterocycles. The van der Waals surface area contributed by atoms with Crippen molar-refractivity contribution in [3.63, 3.8) is 0 Å². The van der Waals surface area contributed by atoms with Crippen LogP contribution in [0.5, 0.6) is 5.75 Å². The molecule has 0 fully saturated rings. The van der Waals surface area contributed by atoms with Gasteiger partial charge in [0.2, 0.25) is 0 Å². The Kier molecular flexibility index (Phi) is 4.47. The van der Waals surface area contributed by atoms with Crippen LogP contribution in [0.15, 0.2) is 24.3 Å². The lowest BCUT2D eigenvalue weighted by molar-refractivity contribution is 0.407. The van der Waals surface area contributed by atoms with Crippen molar-refractivity contribution in [3.05, 3.63) is 29.8 Å². The van der Waals surface area contributed by atoms with Crippen molar-refractivity contribution >= 4 is 0 Å². The second-order valence-electron chi connectivity index (χ2n) is 3.56. The number of para-hydroxylation sites is 1. The van der Waals surface area contributed by atoms with Crippen LogP contribution in [0.2, 0.25) is 0 Å². The van der Waals surface area contributed by atoms with Gasteiger partial charge in [0.1, 0.15) is 5.75 Å². The van der Waals surface area contributed by atoms with Crippen molar-refractivity contribution in [2.75, 3.05) is 7.11 Å². The molecule has 0 aliphatic heterocycles. The molecule has 78 valence electrons. The zero-order valence-electron chi connectivity index (χ0n) is 8.99. The van der Waals surface area contributed by atoms with Gasteiger partial charge in [0, 0.05) is 6.04 Å². The van der Waals surface area contributed by atoms with E-state index < -0.39 is 0 Å². The third-order valence-corrected chi connectivity index (χ3v) is 2.33. The van der Waals surface area contributed by atoms with E-state index in [-0.39, 0.29) is 6.04 Å². The zero-order valence-corrected chi connectivity index (χ0v) is 8.99. The fourth-order valence-electron chi connectivity index (χ4n) is 1.63. The zero-order chi connectivity index (χ0) is 10.4. The summed E-state index contributed by atoms with van der Waals surface area (Å²) in [7, 11) is 1.70. The molecule has 0 amide bonds. The van der Waals surface area contributed by atoms with Gasteiger partial charge < -0.3 is 10.5 Å². The maximum atomic E-state index is 5.98. The van der Waals surface area contributed by atoms with Crippen LogP contribution >= 0.6 is 0 Å². The van der Waals surface area contributed by atoms with Gasteiger partial charge >= 0.3 is 0 Å². The predicted octanol–water partition coefficient (Wildman–Crippen LogP) is 2.37. The van der Waals surface area contributed by atoms with Crippen LogP contribution in [-0.4, -0.2) is 13.2 Å². The van der Waals surface area contributed by atoms with E-state index in [0.29, 0.717) is 0 Å². The summed E-state index contributed by atoms with van der Waals surface area (Å²) in [5.74, 6) is 0.944. The summed E-state index contributed by atoms with van der Waals surface area (Å²) in [6, 6.07) is 8.31. The largest absolute Gasteiger partial charge is 0.496 e. The molecule has 14 heavy (non-hydrogen) atoms. The van der Waals surface area contributed by atoms with E-state index >= 15 is 0 Å². The van der Waals surface area contributed by atoms with Crippen LogP contribution in [-0.2, 0) is 6.42 Å². The molecule has 0 aliphatic rings. The Morgan fingerprint density at radius 3 is 2.71 bits per heavy atom. The van der Waals surface area contributed by atoms with Gasteiger partial charge in [-0.25, -0.2) is 0 Å². The summed E-state index contributed by atoms with van der Waals surface area (Å²) in [5, 5.41) is 0. The van der Waals surface area contributed by atoms with Crippen LogP contribution < -0.4 is 10.5 Å². The molecule has 0 aromatic heterocycles. The fourth-order valence-corrected chi connectivity index (χ4v) is 1.63. The van der Waals surface area contributed by atoms with Crippen LogP contribution in [0.4, 0.5) is 0 Å². The van der Waals surface area contributed by atoms with Gasteiger partial charge in [-0.2, -0.15) is 0 Å². The quantitative estimate of drug-likeness (QED) is 0.779. The number of hydrogen-bond acceptors (Lipinski definition) is 2. The van der Waals surface area contributed by atoms with E-state index in [2.05, 4.69) is 13.0 Å². The first kappa shape index (κ1) is 11.1. The standard InChI is InChI=1S/C12H19NO/c1-3-6-11(13)9-10-7-4-5-8-12(10)14-2/h4-5,7-8,11H,3,6,9,13H2,1-2H3. The van der Waals surface area contributed by atoms with Gasteiger partial charge in [-0.3, -0.25) is 0 Å². The maximum Gasteiger partial charge on any atom is 0.122 e. The van der Waals surface area contributed by atoms with Crippen LogP contribution in [0, 0.1) is 0 Å². The summed E-state index contributed by atoms with van der Waals surface area (Å²) < 4.78 is 5.27. The van der Waals surface area contributed by atoms with Crippen LogP contribution in [0.3, 0.4) is 0 Å². The van der Waals surface area contributed by atoms with E-state index in [1.165, 1.54) is 5.56 Å². The van der Waals surface area contributed by atoms with Crippen molar-refractivity contribution in [1.29, 1.82) is 0 Å². The molecule has 1 unspecified atom stereocenters. The summed E-state index contributed by atoms with van der Waals surface area (Å²) >= 11 is 0. The third-order valence-electron chi connectivity index (χ3n) is 2.33. The molecule has 0 radical (unpaired) electrons. The molecule has 1 aromatic rings. The molecule has 2 heteroatoms. The maximum absolute atomic E-state index is 5.98.